The molecule has 0 amide bonds. The van der Waals surface area contributed by atoms with Crippen LogP contribution in [0.1, 0.15) is 296 Å². The largest absolute Gasteiger partial charge is 0.462 e. The van der Waals surface area contributed by atoms with Crippen molar-refractivity contribution >= 4 is 11.9 Å². The fraction of sp³-hybridized carbons (Fsp3) is 0.671. The predicted molar refractivity (Wildman–Crippen MR) is 343 cm³/mol. The molecular weight excluding hydrogens is 957 g/mol. The van der Waals surface area contributed by atoms with Gasteiger partial charge in [0, 0.05) is 12.8 Å². The van der Waals surface area contributed by atoms with Crippen molar-refractivity contribution < 1.29 is 24.2 Å². The summed E-state index contributed by atoms with van der Waals surface area (Å²) >= 11 is 0. The number of carbonyl (C=O) groups is 2. The van der Waals surface area contributed by atoms with E-state index >= 15 is 0 Å². The van der Waals surface area contributed by atoms with Crippen LogP contribution in [0.15, 0.2) is 134 Å². The zero-order valence-electron chi connectivity index (χ0n) is 50.9. The minimum absolute atomic E-state index is 0.0933. The second-order valence-corrected chi connectivity index (χ2v) is 21.4. The first-order valence-corrected chi connectivity index (χ1v) is 32.7. The molecule has 0 saturated carbocycles. The van der Waals surface area contributed by atoms with Crippen molar-refractivity contribution in [1.29, 1.82) is 0 Å². The lowest BCUT2D eigenvalue weighted by Gasteiger charge is -2.15. The van der Waals surface area contributed by atoms with Gasteiger partial charge >= 0.3 is 11.9 Å². The van der Waals surface area contributed by atoms with Crippen molar-refractivity contribution in [1.82, 2.24) is 0 Å². The number of esters is 2. The molecule has 5 nitrogen and oxygen atoms in total. The number of carbonyl (C=O) groups excluding carboxylic acids is 2. The molecule has 0 aliphatic carbocycles. The van der Waals surface area contributed by atoms with Crippen molar-refractivity contribution in [2.24, 2.45) is 0 Å². The number of rotatable bonds is 59. The van der Waals surface area contributed by atoms with Gasteiger partial charge in [0.05, 0.1) is 6.61 Å². The van der Waals surface area contributed by atoms with E-state index in [1.165, 1.54) is 167 Å². The minimum Gasteiger partial charge on any atom is -0.462 e. The van der Waals surface area contributed by atoms with Gasteiger partial charge < -0.3 is 14.6 Å². The fourth-order valence-corrected chi connectivity index (χ4v) is 9.13. The van der Waals surface area contributed by atoms with Gasteiger partial charge in [0.1, 0.15) is 6.61 Å². The first-order chi connectivity index (χ1) is 38.6. The van der Waals surface area contributed by atoms with E-state index in [4.69, 9.17) is 9.47 Å². The van der Waals surface area contributed by atoms with Gasteiger partial charge in [0.15, 0.2) is 6.10 Å². The molecular formula is C73H122O5. The first-order valence-electron chi connectivity index (χ1n) is 32.7. The van der Waals surface area contributed by atoms with E-state index < -0.39 is 6.10 Å². The molecule has 0 spiro atoms. The van der Waals surface area contributed by atoms with E-state index in [2.05, 4.69) is 148 Å². The van der Waals surface area contributed by atoms with Gasteiger partial charge in [-0.3, -0.25) is 9.59 Å². The molecule has 0 aromatic heterocycles. The Labute approximate surface area is 483 Å². The normalized spacial score (nSPS) is 13.1. The minimum atomic E-state index is -0.810. The summed E-state index contributed by atoms with van der Waals surface area (Å²) in [6.07, 6.45) is 101. The first kappa shape index (κ1) is 74.0. The lowest BCUT2D eigenvalue weighted by atomic mass is 10.0. The molecule has 0 rings (SSSR count). The molecule has 5 heteroatoms. The predicted octanol–water partition coefficient (Wildman–Crippen LogP) is 22.8. The van der Waals surface area contributed by atoms with Crippen molar-refractivity contribution in [2.75, 3.05) is 13.2 Å². The molecule has 1 atom stereocenters. The number of allylic oxidation sites excluding steroid dienone is 22. The Bertz CT molecular complexity index is 1600. The smallest absolute Gasteiger partial charge is 0.306 e. The number of hydrogen-bond donors (Lipinski definition) is 1. The highest BCUT2D eigenvalue weighted by Gasteiger charge is 2.16. The van der Waals surface area contributed by atoms with Crippen LogP contribution in [0.2, 0.25) is 0 Å². The SMILES string of the molecule is CC/C=C\C/C=C\C/C=C\C/C=C\C/C=C\C/C=C\C/C=C\CCCC(=O)OC(CO)COC(=O)CCCCCCCCCCCCCCCCCCCCCCCCCCCCCC/C=C\C/C=C\C/C=C\C/C=C\CC. The molecule has 1 N–H and O–H groups in total. The maximum Gasteiger partial charge on any atom is 0.306 e. The van der Waals surface area contributed by atoms with Gasteiger partial charge in [-0.1, -0.05) is 314 Å². The van der Waals surface area contributed by atoms with Gasteiger partial charge in [-0.15, -0.1) is 0 Å². The molecule has 0 fully saturated rings. The van der Waals surface area contributed by atoms with E-state index in [1.54, 1.807) is 0 Å². The van der Waals surface area contributed by atoms with Gasteiger partial charge in [-0.25, -0.2) is 0 Å². The standard InChI is InChI=1S/C73H122O5/c1-3-5-7-9-11-13-15-17-19-21-23-25-27-28-29-30-31-32-33-34-35-36-37-38-39-40-41-42-43-44-46-47-49-51-53-55-57-59-61-63-65-67-72(75)77-70-71(69-74)78-73(76)68-66-64-62-60-58-56-54-52-50-48-45-26-24-22-20-18-16-14-12-10-8-6-4-2/h5-8,11-14,17-20,23-26,48,50,54,56,60,62,71,74H,3-4,9-10,15-16,21-22,27-47,49,51-53,55,57-59,61,63-70H2,1-2H3/b7-5-,8-6-,13-11-,14-12-,19-17-,20-18-,25-23-,26-24-,50-48-,56-54-,62-60-. The Morgan fingerprint density at radius 1 is 0.295 bits per heavy atom. The molecule has 78 heavy (non-hydrogen) atoms. The molecule has 0 aromatic carbocycles. The Morgan fingerprint density at radius 3 is 0.808 bits per heavy atom. The maximum atomic E-state index is 12.3. The number of aliphatic hydroxyl groups is 1. The van der Waals surface area contributed by atoms with Crippen molar-refractivity contribution in [3.8, 4) is 0 Å². The van der Waals surface area contributed by atoms with Gasteiger partial charge in [0.25, 0.3) is 0 Å². The zero-order chi connectivity index (χ0) is 56.2. The summed E-state index contributed by atoms with van der Waals surface area (Å²) in [6.45, 7) is 3.88. The average molecular weight is 1080 g/mol. The Balaban J connectivity index is 3.47. The third-order valence-electron chi connectivity index (χ3n) is 13.9. The van der Waals surface area contributed by atoms with Crippen molar-refractivity contribution in [2.45, 2.75) is 302 Å². The summed E-state index contributed by atoms with van der Waals surface area (Å²) in [5, 5.41) is 9.66. The summed E-state index contributed by atoms with van der Waals surface area (Å²) < 4.78 is 10.7. The van der Waals surface area contributed by atoms with Crippen LogP contribution in [0.4, 0.5) is 0 Å². The molecule has 0 bridgehead atoms. The Kier molecular flexibility index (Phi) is 63.9. The van der Waals surface area contributed by atoms with E-state index in [1.807, 2.05) is 0 Å². The third kappa shape index (κ3) is 64.6. The number of aliphatic hydroxyl groups excluding tert-OH is 1. The Hall–Kier alpha value is -3.96. The van der Waals surface area contributed by atoms with Gasteiger partial charge in [0.2, 0.25) is 0 Å². The van der Waals surface area contributed by atoms with E-state index in [9.17, 15) is 14.7 Å². The van der Waals surface area contributed by atoms with Crippen LogP contribution in [0.3, 0.4) is 0 Å². The highest BCUT2D eigenvalue weighted by atomic mass is 16.6. The summed E-state index contributed by atoms with van der Waals surface area (Å²) in [6, 6.07) is 0. The van der Waals surface area contributed by atoms with Crippen LogP contribution in [-0.2, 0) is 19.1 Å². The number of unbranched alkanes of at least 4 members (excludes halogenated alkanes) is 29. The second kappa shape index (κ2) is 67.3. The molecule has 444 valence electrons. The highest BCUT2D eigenvalue weighted by molar-refractivity contribution is 5.70. The van der Waals surface area contributed by atoms with Crippen LogP contribution in [0.25, 0.3) is 0 Å². The van der Waals surface area contributed by atoms with E-state index in [0.29, 0.717) is 12.8 Å². The van der Waals surface area contributed by atoms with Crippen molar-refractivity contribution in [3.63, 3.8) is 0 Å². The molecule has 0 aliphatic heterocycles. The van der Waals surface area contributed by atoms with E-state index in [0.717, 1.165) is 96.3 Å². The summed E-state index contributed by atoms with van der Waals surface area (Å²) in [5.74, 6) is -0.657. The second-order valence-electron chi connectivity index (χ2n) is 21.4. The molecule has 0 heterocycles. The molecule has 0 saturated heterocycles. The summed E-state index contributed by atoms with van der Waals surface area (Å²) in [5.41, 5.74) is 0. The molecule has 0 radical (unpaired) electrons. The van der Waals surface area contributed by atoms with Crippen LogP contribution in [0.5, 0.6) is 0 Å². The molecule has 0 aromatic rings. The van der Waals surface area contributed by atoms with Crippen LogP contribution in [0, 0.1) is 0 Å². The lowest BCUT2D eigenvalue weighted by molar-refractivity contribution is -0.161. The van der Waals surface area contributed by atoms with E-state index in [-0.39, 0.29) is 31.6 Å². The Morgan fingerprint density at radius 2 is 0.526 bits per heavy atom. The lowest BCUT2D eigenvalue weighted by Crippen LogP contribution is -2.28. The van der Waals surface area contributed by atoms with Crippen LogP contribution < -0.4 is 0 Å². The van der Waals surface area contributed by atoms with Crippen molar-refractivity contribution in [3.05, 3.63) is 134 Å². The maximum absolute atomic E-state index is 12.3. The fourth-order valence-electron chi connectivity index (χ4n) is 9.13. The zero-order valence-corrected chi connectivity index (χ0v) is 50.9. The monoisotopic (exact) mass is 1080 g/mol. The third-order valence-corrected chi connectivity index (χ3v) is 13.9. The summed E-state index contributed by atoms with van der Waals surface area (Å²) in [7, 11) is 0. The topological polar surface area (TPSA) is 72.8 Å². The number of ether oxygens (including phenoxy) is 2. The molecule has 0 aliphatic rings. The number of hydrogen-bond acceptors (Lipinski definition) is 5. The summed E-state index contributed by atoms with van der Waals surface area (Å²) in [4.78, 5) is 24.6. The van der Waals surface area contributed by atoms with Gasteiger partial charge in [-0.05, 0) is 103 Å². The van der Waals surface area contributed by atoms with Crippen LogP contribution >= 0.6 is 0 Å². The quantitative estimate of drug-likeness (QED) is 0.0373. The molecule has 1 unspecified atom stereocenters. The van der Waals surface area contributed by atoms with Gasteiger partial charge in [-0.2, -0.15) is 0 Å². The highest BCUT2D eigenvalue weighted by Crippen LogP contribution is 2.17. The average Bonchev–Trinajstić information content (AvgIpc) is 3.44. The van der Waals surface area contributed by atoms with Crippen LogP contribution in [-0.4, -0.2) is 36.4 Å².